The van der Waals surface area contributed by atoms with Crippen LogP contribution in [-0.2, 0) is 6.54 Å². The maximum atomic E-state index is 4.04. The van der Waals surface area contributed by atoms with Crippen molar-refractivity contribution in [2.45, 2.75) is 26.8 Å². The monoisotopic (exact) mass is 235 g/mol. The molecule has 1 heterocycles. The van der Waals surface area contributed by atoms with Crippen LogP contribution >= 0.6 is 0 Å². The van der Waals surface area contributed by atoms with Gasteiger partial charge in [-0.1, -0.05) is 13.8 Å². The number of hydrogen-bond donors (Lipinski definition) is 1. The summed E-state index contributed by atoms with van der Waals surface area (Å²) in [6.45, 7) is 7.75. The van der Waals surface area contributed by atoms with Crippen LogP contribution in [-0.4, -0.2) is 37.1 Å². The molecule has 0 aliphatic heterocycles. The van der Waals surface area contributed by atoms with E-state index in [0.717, 1.165) is 19.6 Å². The number of hydrogen-bond acceptors (Lipinski definition) is 3. The molecule has 1 N–H and O–H groups in total. The van der Waals surface area contributed by atoms with E-state index in [2.05, 4.69) is 48.2 Å². The molecule has 1 rings (SSSR count). The summed E-state index contributed by atoms with van der Waals surface area (Å²) in [5.74, 6) is 0. The molecule has 17 heavy (non-hydrogen) atoms. The highest BCUT2D eigenvalue weighted by Gasteiger charge is 2.22. The highest BCUT2D eigenvalue weighted by Crippen LogP contribution is 2.21. The molecule has 3 nitrogen and oxygen atoms in total. The first-order chi connectivity index (χ1) is 8.09. The van der Waals surface area contributed by atoms with Gasteiger partial charge in [-0.05, 0) is 43.6 Å². The summed E-state index contributed by atoms with van der Waals surface area (Å²) in [6, 6.07) is 4.16. The molecule has 0 radical (unpaired) electrons. The van der Waals surface area contributed by atoms with E-state index in [9.17, 15) is 0 Å². The van der Waals surface area contributed by atoms with Crippen LogP contribution < -0.4 is 5.32 Å². The molecule has 0 amide bonds. The van der Waals surface area contributed by atoms with Crippen LogP contribution in [0.25, 0.3) is 0 Å². The highest BCUT2D eigenvalue weighted by atomic mass is 15.1. The van der Waals surface area contributed by atoms with Crippen molar-refractivity contribution in [3.63, 3.8) is 0 Å². The Hall–Kier alpha value is -0.930. The Morgan fingerprint density at radius 2 is 2.00 bits per heavy atom. The van der Waals surface area contributed by atoms with E-state index >= 15 is 0 Å². The van der Waals surface area contributed by atoms with Crippen LogP contribution in [0.3, 0.4) is 0 Å². The van der Waals surface area contributed by atoms with Gasteiger partial charge in [0.25, 0.3) is 0 Å². The van der Waals surface area contributed by atoms with Crippen molar-refractivity contribution in [3.05, 3.63) is 30.1 Å². The van der Waals surface area contributed by atoms with Gasteiger partial charge in [0, 0.05) is 32.0 Å². The van der Waals surface area contributed by atoms with E-state index in [4.69, 9.17) is 0 Å². The van der Waals surface area contributed by atoms with Gasteiger partial charge in [-0.3, -0.25) is 4.98 Å². The van der Waals surface area contributed by atoms with Gasteiger partial charge >= 0.3 is 0 Å². The Labute approximate surface area is 105 Å². The lowest BCUT2D eigenvalue weighted by Gasteiger charge is -2.33. The third-order valence-corrected chi connectivity index (χ3v) is 3.31. The van der Waals surface area contributed by atoms with Crippen LogP contribution in [0.4, 0.5) is 0 Å². The Morgan fingerprint density at radius 1 is 1.35 bits per heavy atom. The van der Waals surface area contributed by atoms with Crippen molar-refractivity contribution < 1.29 is 0 Å². The average molecular weight is 235 g/mol. The number of aromatic nitrogens is 1. The summed E-state index contributed by atoms with van der Waals surface area (Å²) in [5, 5.41) is 3.29. The minimum Gasteiger partial charge on any atom is -0.319 e. The lowest BCUT2D eigenvalue weighted by molar-refractivity contribution is 0.178. The summed E-state index contributed by atoms with van der Waals surface area (Å²) in [5.41, 5.74) is 1.67. The average Bonchev–Trinajstić information content (AvgIpc) is 2.30. The first kappa shape index (κ1) is 14.1. The maximum Gasteiger partial charge on any atom is 0.0271 e. The van der Waals surface area contributed by atoms with Crippen molar-refractivity contribution in [3.8, 4) is 0 Å². The van der Waals surface area contributed by atoms with Crippen molar-refractivity contribution in [2.24, 2.45) is 5.41 Å². The summed E-state index contributed by atoms with van der Waals surface area (Å²) in [7, 11) is 4.21. The number of nitrogens with one attached hydrogen (secondary N) is 1. The lowest BCUT2D eigenvalue weighted by Crippen LogP contribution is -2.39. The molecule has 0 spiro atoms. The van der Waals surface area contributed by atoms with Gasteiger partial charge < -0.3 is 10.2 Å². The molecule has 3 heteroatoms. The molecule has 1 aromatic rings. The van der Waals surface area contributed by atoms with Crippen molar-refractivity contribution in [1.82, 2.24) is 15.2 Å². The SMILES string of the molecule is CCC(C)(CNC)CN(C)Cc1ccncc1. The summed E-state index contributed by atoms with van der Waals surface area (Å²) < 4.78 is 0. The van der Waals surface area contributed by atoms with Crippen LogP contribution in [0.2, 0.25) is 0 Å². The second-order valence-corrected chi connectivity index (χ2v) is 5.22. The highest BCUT2D eigenvalue weighted by molar-refractivity contribution is 5.09. The van der Waals surface area contributed by atoms with E-state index in [-0.39, 0.29) is 0 Å². The molecule has 0 bridgehead atoms. The molecule has 0 aromatic carbocycles. The van der Waals surface area contributed by atoms with Crippen LogP contribution in [0.5, 0.6) is 0 Å². The molecule has 0 saturated heterocycles. The Kier molecular flexibility index (Phi) is 5.59. The second kappa shape index (κ2) is 6.72. The predicted octanol–water partition coefficient (Wildman–Crippen LogP) is 2.15. The zero-order valence-corrected chi connectivity index (χ0v) is 11.5. The maximum absolute atomic E-state index is 4.04. The molecule has 1 unspecified atom stereocenters. The molecule has 0 saturated carbocycles. The second-order valence-electron chi connectivity index (χ2n) is 5.22. The molecule has 96 valence electrons. The van der Waals surface area contributed by atoms with Crippen LogP contribution in [0, 0.1) is 5.41 Å². The smallest absolute Gasteiger partial charge is 0.0271 e. The van der Waals surface area contributed by atoms with Crippen LogP contribution in [0.1, 0.15) is 25.8 Å². The number of pyridine rings is 1. The van der Waals surface area contributed by atoms with Gasteiger partial charge in [0.05, 0.1) is 0 Å². The molecular formula is C14H25N3. The molecule has 1 atom stereocenters. The quantitative estimate of drug-likeness (QED) is 0.785. The van der Waals surface area contributed by atoms with Gasteiger partial charge in [-0.2, -0.15) is 0 Å². The van der Waals surface area contributed by atoms with E-state index in [1.54, 1.807) is 0 Å². The number of nitrogens with zero attached hydrogens (tertiary/aromatic N) is 2. The first-order valence-corrected chi connectivity index (χ1v) is 6.31. The predicted molar refractivity (Wildman–Crippen MR) is 72.9 cm³/mol. The minimum absolute atomic E-state index is 0.344. The van der Waals surface area contributed by atoms with Gasteiger partial charge in [0.15, 0.2) is 0 Å². The van der Waals surface area contributed by atoms with Gasteiger partial charge in [-0.25, -0.2) is 0 Å². The van der Waals surface area contributed by atoms with E-state index in [0.29, 0.717) is 5.41 Å². The first-order valence-electron chi connectivity index (χ1n) is 6.31. The van der Waals surface area contributed by atoms with Crippen molar-refractivity contribution in [1.29, 1.82) is 0 Å². The van der Waals surface area contributed by atoms with Crippen molar-refractivity contribution in [2.75, 3.05) is 27.2 Å². The lowest BCUT2D eigenvalue weighted by atomic mass is 9.87. The molecule has 0 aliphatic carbocycles. The van der Waals surface area contributed by atoms with Gasteiger partial charge in [0.1, 0.15) is 0 Å². The largest absolute Gasteiger partial charge is 0.319 e. The fourth-order valence-electron chi connectivity index (χ4n) is 2.23. The Balaban J connectivity index is 2.51. The molecule has 0 aliphatic rings. The summed E-state index contributed by atoms with van der Waals surface area (Å²) in [6.07, 6.45) is 4.90. The van der Waals surface area contributed by atoms with E-state index in [1.807, 2.05) is 19.4 Å². The minimum atomic E-state index is 0.344. The fourth-order valence-corrected chi connectivity index (χ4v) is 2.23. The zero-order valence-electron chi connectivity index (χ0n) is 11.5. The third-order valence-electron chi connectivity index (χ3n) is 3.31. The van der Waals surface area contributed by atoms with Crippen LogP contribution in [0.15, 0.2) is 24.5 Å². The van der Waals surface area contributed by atoms with E-state index in [1.165, 1.54) is 12.0 Å². The van der Waals surface area contributed by atoms with Crippen molar-refractivity contribution >= 4 is 0 Å². The molecule has 0 fully saturated rings. The number of rotatable bonds is 7. The zero-order chi connectivity index (χ0) is 12.7. The molecular weight excluding hydrogens is 210 g/mol. The summed E-state index contributed by atoms with van der Waals surface area (Å²) in [4.78, 5) is 6.43. The van der Waals surface area contributed by atoms with Gasteiger partial charge in [-0.15, -0.1) is 0 Å². The third kappa shape index (κ3) is 4.84. The summed E-state index contributed by atoms with van der Waals surface area (Å²) >= 11 is 0. The van der Waals surface area contributed by atoms with Gasteiger partial charge in [0.2, 0.25) is 0 Å². The normalized spacial score (nSPS) is 14.9. The Morgan fingerprint density at radius 3 is 2.53 bits per heavy atom. The van der Waals surface area contributed by atoms with E-state index < -0.39 is 0 Å². The molecule has 1 aromatic heterocycles. The fraction of sp³-hybridized carbons (Fsp3) is 0.643. The topological polar surface area (TPSA) is 28.2 Å². The Bertz CT molecular complexity index is 313. The standard InChI is InChI=1S/C14H25N3/c1-5-14(2,11-15-3)12-17(4)10-13-6-8-16-9-7-13/h6-9,15H,5,10-12H2,1-4H3.